The lowest BCUT2D eigenvalue weighted by molar-refractivity contribution is -0.140. The van der Waals surface area contributed by atoms with Gasteiger partial charge in [-0.1, -0.05) is 34.6 Å². The SMILES string of the molecule is CC1(C)CC(=O)C2(CCC(C(C)(C)C)CC2)C1=O. The van der Waals surface area contributed by atoms with Gasteiger partial charge in [-0.15, -0.1) is 0 Å². The Labute approximate surface area is 111 Å². The molecule has 0 aromatic carbocycles. The van der Waals surface area contributed by atoms with Crippen LogP contribution in [0.3, 0.4) is 0 Å². The Morgan fingerprint density at radius 2 is 1.56 bits per heavy atom. The predicted octanol–water partition coefficient (Wildman–Crippen LogP) is 3.78. The Kier molecular flexibility index (Phi) is 2.99. The minimum atomic E-state index is -0.606. The molecule has 0 heterocycles. The minimum Gasteiger partial charge on any atom is -0.299 e. The standard InChI is InChI=1S/C16H26O2/c1-14(2,3)11-6-8-16(9-7-11)12(17)10-15(4,5)13(16)18/h11H,6-10H2,1-5H3. The quantitative estimate of drug-likeness (QED) is 0.613. The molecular formula is C16H26O2. The Hall–Kier alpha value is -0.660. The second kappa shape index (κ2) is 3.91. The van der Waals surface area contributed by atoms with Crippen LogP contribution in [0.5, 0.6) is 0 Å². The maximum atomic E-state index is 12.5. The molecule has 18 heavy (non-hydrogen) atoms. The number of rotatable bonds is 0. The molecule has 2 aliphatic rings. The van der Waals surface area contributed by atoms with Crippen molar-refractivity contribution in [1.82, 2.24) is 0 Å². The Balaban J connectivity index is 2.18. The summed E-state index contributed by atoms with van der Waals surface area (Å²) < 4.78 is 0. The van der Waals surface area contributed by atoms with E-state index in [2.05, 4.69) is 20.8 Å². The summed E-state index contributed by atoms with van der Waals surface area (Å²) in [6, 6.07) is 0. The van der Waals surface area contributed by atoms with Crippen LogP contribution in [0.2, 0.25) is 0 Å². The third kappa shape index (κ3) is 1.94. The van der Waals surface area contributed by atoms with Crippen molar-refractivity contribution in [2.45, 2.75) is 66.7 Å². The third-order valence-corrected chi connectivity index (χ3v) is 5.25. The van der Waals surface area contributed by atoms with Gasteiger partial charge in [0.1, 0.15) is 5.78 Å². The summed E-state index contributed by atoms with van der Waals surface area (Å²) in [5.41, 5.74) is -0.737. The number of carbonyl (C=O) groups excluding carboxylic acids is 2. The van der Waals surface area contributed by atoms with E-state index < -0.39 is 10.8 Å². The molecule has 102 valence electrons. The highest BCUT2D eigenvalue weighted by atomic mass is 16.2. The molecule has 0 saturated heterocycles. The van der Waals surface area contributed by atoms with E-state index in [1.807, 2.05) is 13.8 Å². The van der Waals surface area contributed by atoms with Gasteiger partial charge in [0, 0.05) is 11.8 Å². The highest BCUT2D eigenvalue weighted by molar-refractivity contribution is 6.15. The smallest absolute Gasteiger partial charge is 0.152 e. The van der Waals surface area contributed by atoms with Gasteiger partial charge in [0.25, 0.3) is 0 Å². The largest absolute Gasteiger partial charge is 0.299 e. The molecule has 2 aliphatic carbocycles. The van der Waals surface area contributed by atoms with Crippen molar-refractivity contribution in [3.63, 3.8) is 0 Å². The van der Waals surface area contributed by atoms with Gasteiger partial charge in [-0.25, -0.2) is 0 Å². The number of Topliss-reactive ketones (excluding diaryl/α,β-unsaturated/α-hetero) is 2. The van der Waals surface area contributed by atoms with E-state index in [0.717, 1.165) is 25.7 Å². The van der Waals surface area contributed by atoms with Crippen LogP contribution in [0.15, 0.2) is 0 Å². The summed E-state index contributed by atoms with van der Waals surface area (Å²) in [6.45, 7) is 10.6. The fourth-order valence-electron chi connectivity index (χ4n) is 3.91. The molecule has 0 atom stereocenters. The van der Waals surface area contributed by atoms with Crippen LogP contribution in [0, 0.1) is 22.2 Å². The first-order valence-corrected chi connectivity index (χ1v) is 7.18. The lowest BCUT2D eigenvalue weighted by atomic mass is 9.62. The van der Waals surface area contributed by atoms with Crippen molar-refractivity contribution >= 4 is 11.6 Å². The molecule has 0 aromatic rings. The number of hydrogen-bond acceptors (Lipinski definition) is 2. The predicted molar refractivity (Wildman–Crippen MR) is 72.3 cm³/mol. The van der Waals surface area contributed by atoms with Crippen LogP contribution in [-0.2, 0) is 9.59 Å². The molecule has 2 fully saturated rings. The summed E-state index contributed by atoms with van der Waals surface area (Å²) in [6.07, 6.45) is 4.08. The van der Waals surface area contributed by atoms with Crippen LogP contribution < -0.4 is 0 Å². The first-order valence-electron chi connectivity index (χ1n) is 7.18. The summed E-state index contributed by atoms with van der Waals surface area (Å²) in [7, 11) is 0. The molecule has 1 spiro atoms. The van der Waals surface area contributed by atoms with Crippen LogP contribution >= 0.6 is 0 Å². The number of carbonyl (C=O) groups is 2. The average molecular weight is 250 g/mol. The van der Waals surface area contributed by atoms with Crippen molar-refractivity contribution in [1.29, 1.82) is 0 Å². The summed E-state index contributed by atoms with van der Waals surface area (Å²) in [5, 5.41) is 0. The van der Waals surface area contributed by atoms with Crippen molar-refractivity contribution in [2.75, 3.05) is 0 Å². The minimum absolute atomic E-state index is 0.213. The lowest BCUT2D eigenvalue weighted by Gasteiger charge is -2.41. The molecule has 0 N–H and O–H groups in total. The maximum Gasteiger partial charge on any atom is 0.152 e. The third-order valence-electron chi connectivity index (χ3n) is 5.25. The Morgan fingerprint density at radius 1 is 1.06 bits per heavy atom. The molecule has 2 saturated carbocycles. The van der Waals surface area contributed by atoms with Crippen LogP contribution in [0.25, 0.3) is 0 Å². The molecule has 2 heteroatoms. The Bertz CT molecular complexity index is 376. The average Bonchev–Trinajstić information content (AvgIpc) is 2.40. The molecule has 2 rings (SSSR count). The van der Waals surface area contributed by atoms with Gasteiger partial charge in [-0.05, 0) is 37.0 Å². The van der Waals surface area contributed by atoms with Gasteiger partial charge in [0.15, 0.2) is 5.78 Å². The van der Waals surface area contributed by atoms with Gasteiger partial charge < -0.3 is 0 Å². The van der Waals surface area contributed by atoms with Crippen molar-refractivity contribution in [3.8, 4) is 0 Å². The van der Waals surface area contributed by atoms with Gasteiger partial charge >= 0.3 is 0 Å². The fourth-order valence-corrected chi connectivity index (χ4v) is 3.91. The zero-order valence-electron chi connectivity index (χ0n) is 12.4. The van der Waals surface area contributed by atoms with Gasteiger partial charge in [-0.3, -0.25) is 9.59 Å². The lowest BCUT2D eigenvalue weighted by Crippen LogP contribution is -2.41. The van der Waals surface area contributed by atoms with Crippen LogP contribution in [0.4, 0.5) is 0 Å². The van der Waals surface area contributed by atoms with Gasteiger partial charge in [-0.2, -0.15) is 0 Å². The van der Waals surface area contributed by atoms with Crippen LogP contribution in [0.1, 0.15) is 66.7 Å². The highest BCUT2D eigenvalue weighted by Gasteiger charge is 2.58. The van der Waals surface area contributed by atoms with Crippen molar-refractivity contribution in [3.05, 3.63) is 0 Å². The number of ketones is 2. The van der Waals surface area contributed by atoms with E-state index in [0.29, 0.717) is 17.8 Å². The summed E-state index contributed by atoms with van der Waals surface area (Å²) in [5.74, 6) is 1.07. The molecule has 2 nitrogen and oxygen atoms in total. The molecule has 0 unspecified atom stereocenters. The molecular weight excluding hydrogens is 224 g/mol. The molecule has 0 radical (unpaired) electrons. The van der Waals surface area contributed by atoms with Gasteiger partial charge in [0.2, 0.25) is 0 Å². The van der Waals surface area contributed by atoms with E-state index in [1.165, 1.54) is 0 Å². The summed E-state index contributed by atoms with van der Waals surface area (Å²) in [4.78, 5) is 24.9. The van der Waals surface area contributed by atoms with E-state index in [9.17, 15) is 9.59 Å². The van der Waals surface area contributed by atoms with E-state index in [-0.39, 0.29) is 11.6 Å². The molecule has 0 amide bonds. The Morgan fingerprint density at radius 3 is 1.89 bits per heavy atom. The molecule has 0 aliphatic heterocycles. The second-order valence-corrected chi connectivity index (χ2v) is 8.04. The zero-order valence-corrected chi connectivity index (χ0v) is 12.4. The first kappa shape index (κ1) is 13.8. The molecule has 0 bridgehead atoms. The second-order valence-electron chi connectivity index (χ2n) is 8.04. The van der Waals surface area contributed by atoms with E-state index in [4.69, 9.17) is 0 Å². The zero-order chi connectivity index (χ0) is 13.8. The normalized spacial score (nSPS) is 36.4. The van der Waals surface area contributed by atoms with Gasteiger partial charge in [0.05, 0.1) is 5.41 Å². The van der Waals surface area contributed by atoms with Crippen LogP contribution in [-0.4, -0.2) is 11.6 Å². The fraction of sp³-hybridized carbons (Fsp3) is 0.875. The summed E-state index contributed by atoms with van der Waals surface area (Å²) >= 11 is 0. The first-order chi connectivity index (χ1) is 8.09. The highest BCUT2D eigenvalue weighted by Crippen LogP contribution is 2.54. The molecule has 0 aromatic heterocycles. The monoisotopic (exact) mass is 250 g/mol. The maximum absolute atomic E-state index is 12.5. The topological polar surface area (TPSA) is 34.1 Å². The van der Waals surface area contributed by atoms with E-state index >= 15 is 0 Å². The van der Waals surface area contributed by atoms with E-state index in [1.54, 1.807) is 0 Å². The van der Waals surface area contributed by atoms with Crippen molar-refractivity contribution in [2.24, 2.45) is 22.2 Å². The van der Waals surface area contributed by atoms with Crippen molar-refractivity contribution < 1.29 is 9.59 Å². The number of hydrogen-bond donors (Lipinski definition) is 0.